The molecule has 19 heavy (non-hydrogen) atoms. The normalized spacial score (nSPS) is 9.68. The van der Waals surface area contributed by atoms with Crippen molar-refractivity contribution in [1.82, 2.24) is 15.0 Å². The zero-order valence-electron chi connectivity index (χ0n) is 10.5. The Labute approximate surface area is 111 Å². The van der Waals surface area contributed by atoms with Gasteiger partial charge >= 0.3 is 0 Å². The third-order valence-electron chi connectivity index (χ3n) is 2.36. The Balaban J connectivity index is 2.06. The molecule has 0 fully saturated rings. The van der Waals surface area contributed by atoms with Gasteiger partial charge in [-0.1, -0.05) is 0 Å². The maximum atomic E-state index is 8.91. The van der Waals surface area contributed by atoms with Crippen molar-refractivity contribution in [2.75, 3.05) is 11.9 Å². The molecule has 0 aliphatic heterocycles. The van der Waals surface area contributed by atoms with Crippen molar-refractivity contribution in [3.05, 3.63) is 42.0 Å². The maximum absolute atomic E-state index is 8.91. The largest absolute Gasteiger partial charge is 0.478 e. The Bertz CT molecular complexity index is 594. The van der Waals surface area contributed by atoms with Crippen LogP contribution in [0.1, 0.15) is 18.2 Å². The minimum atomic E-state index is 0.279. The molecule has 2 aromatic rings. The van der Waals surface area contributed by atoms with Crippen molar-refractivity contribution in [3.63, 3.8) is 0 Å². The number of aromatic nitrogens is 3. The molecule has 0 bridgehead atoms. The molecule has 0 aromatic carbocycles. The number of anilines is 1. The number of rotatable bonds is 5. The standard InChI is InChI=1S/C13H13N5O/c1-2-19-12-7-10(3-4-16-12)9-18-13-11(8-14)15-5-6-17-13/h3-7H,2,9H2,1H3,(H,17,18). The number of nitrogens with one attached hydrogen (secondary N) is 1. The second-order valence-electron chi connectivity index (χ2n) is 3.65. The van der Waals surface area contributed by atoms with Gasteiger partial charge in [-0.2, -0.15) is 5.26 Å². The Hall–Kier alpha value is -2.68. The quantitative estimate of drug-likeness (QED) is 0.876. The number of nitrogens with zero attached hydrogens (tertiary/aromatic N) is 4. The van der Waals surface area contributed by atoms with Crippen molar-refractivity contribution in [1.29, 1.82) is 5.26 Å². The molecule has 0 spiro atoms. The highest BCUT2D eigenvalue weighted by Crippen LogP contribution is 2.12. The fourth-order valence-corrected chi connectivity index (χ4v) is 1.52. The summed E-state index contributed by atoms with van der Waals surface area (Å²) >= 11 is 0. The van der Waals surface area contributed by atoms with Gasteiger partial charge in [-0.05, 0) is 18.6 Å². The second-order valence-corrected chi connectivity index (χ2v) is 3.65. The number of nitriles is 1. The van der Waals surface area contributed by atoms with Crippen LogP contribution in [0.25, 0.3) is 0 Å². The summed E-state index contributed by atoms with van der Waals surface area (Å²) in [6, 6.07) is 5.71. The highest BCUT2D eigenvalue weighted by atomic mass is 16.5. The molecular formula is C13H13N5O. The van der Waals surface area contributed by atoms with E-state index in [1.165, 1.54) is 6.20 Å². The lowest BCUT2D eigenvalue weighted by atomic mass is 10.2. The van der Waals surface area contributed by atoms with Crippen LogP contribution >= 0.6 is 0 Å². The van der Waals surface area contributed by atoms with E-state index in [9.17, 15) is 0 Å². The fraction of sp³-hybridized carbons (Fsp3) is 0.231. The third-order valence-corrected chi connectivity index (χ3v) is 2.36. The summed E-state index contributed by atoms with van der Waals surface area (Å²) in [5.74, 6) is 1.06. The molecule has 6 heteroatoms. The van der Waals surface area contributed by atoms with Crippen LogP contribution in [0.4, 0.5) is 5.82 Å². The highest BCUT2D eigenvalue weighted by molar-refractivity contribution is 5.47. The third kappa shape index (κ3) is 3.39. The van der Waals surface area contributed by atoms with Crippen LogP contribution < -0.4 is 10.1 Å². The minimum Gasteiger partial charge on any atom is -0.478 e. The summed E-state index contributed by atoms with van der Waals surface area (Å²) in [6.07, 6.45) is 4.72. The van der Waals surface area contributed by atoms with Gasteiger partial charge in [-0.3, -0.25) is 0 Å². The van der Waals surface area contributed by atoms with Gasteiger partial charge in [0.1, 0.15) is 6.07 Å². The SMILES string of the molecule is CCOc1cc(CNc2nccnc2C#N)ccn1. The molecule has 0 atom stereocenters. The summed E-state index contributed by atoms with van der Waals surface area (Å²) < 4.78 is 5.32. The Morgan fingerprint density at radius 1 is 1.26 bits per heavy atom. The first-order valence-electron chi connectivity index (χ1n) is 5.86. The average molecular weight is 255 g/mol. The van der Waals surface area contributed by atoms with Crippen LogP contribution in [0.3, 0.4) is 0 Å². The Kier molecular flexibility index (Phi) is 4.24. The van der Waals surface area contributed by atoms with Gasteiger partial charge < -0.3 is 10.1 Å². The van der Waals surface area contributed by atoms with Gasteiger partial charge in [0.25, 0.3) is 0 Å². The molecule has 2 heterocycles. The molecule has 0 aliphatic rings. The van der Waals surface area contributed by atoms with Crippen molar-refractivity contribution in [2.45, 2.75) is 13.5 Å². The van der Waals surface area contributed by atoms with Crippen LogP contribution in [-0.2, 0) is 6.54 Å². The van der Waals surface area contributed by atoms with E-state index in [1.807, 2.05) is 25.1 Å². The molecule has 0 saturated heterocycles. The molecule has 1 N–H and O–H groups in total. The Morgan fingerprint density at radius 3 is 2.89 bits per heavy atom. The highest BCUT2D eigenvalue weighted by Gasteiger charge is 2.04. The lowest BCUT2D eigenvalue weighted by Gasteiger charge is -2.07. The molecule has 2 aromatic heterocycles. The smallest absolute Gasteiger partial charge is 0.213 e. The van der Waals surface area contributed by atoms with Crippen LogP contribution in [0.2, 0.25) is 0 Å². The lowest BCUT2D eigenvalue weighted by Crippen LogP contribution is -2.05. The zero-order valence-corrected chi connectivity index (χ0v) is 10.5. The van der Waals surface area contributed by atoms with Crippen molar-refractivity contribution in [2.24, 2.45) is 0 Å². The molecule has 96 valence electrons. The molecule has 0 radical (unpaired) electrons. The fourth-order valence-electron chi connectivity index (χ4n) is 1.52. The van der Waals surface area contributed by atoms with Crippen LogP contribution in [-0.4, -0.2) is 21.6 Å². The molecule has 0 unspecified atom stereocenters. The summed E-state index contributed by atoms with van der Waals surface area (Å²) in [5.41, 5.74) is 1.27. The van der Waals surface area contributed by atoms with E-state index in [0.29, 0.717) is 24.8 Å². The molecular weight excluding hydrogens is 242 g/mol. The monoisotopic (exact) mass is 255 g/mol. The van der Waals surface area contributed by atoms with Gasteiger partial charge in [-0.25, -0.2) is 15.0 Å². The van der Waals surface area contributed by atoms with E-state index in [1.54, 1.807) is 12.4 Å². The van der Waals surface area contributed by atoms with E-state index in [2.05, 4.69) is 20.3 Å². The van der Waals surface area contributed by atoms with Gasteiger partial charge in [0.2, 0.25) is 5.88 Å². The van der Waals surface area contributed by atoms with E-state index in [4.69, 9.17) is 10.00 Å². The van der Waals surface area contributed by atoms with Crippen LogP contribution in [0.5, 0.6) is 5.88 Å². The van der Waals surface area contributed by atoms with E-state index in [-0.39, 0.29) is 5.69 Å². The predicted octanol–water partition coefficient (Wildman–Crippen LogP) is 1.75. The summed E-state index contributed by atoms with van der Waals surface area (Å²) in [5, 5.41) is 12.0. The summed E-state index contributed by atoms with van der Waals surface area (Å²) in [4.78, 5) is 12.1. The number of hydrogen-bond acceptors (Lipinski definition) is 6. The first-order valence-corrected chi connectivity index (χ1v) is 5.86. The van der Waals surface area contributed by atoms with Crippen molar-refractivity contribution >= 4 is 5.82 Å². The molecule has 2 rings (SSSR count). The Morgan fingerprint density at radius 2 is 2.11 bits per heavy atom. The second kappa shape index (κ2) is 6.31. The predicted molar refractivity (Wildman–Crippen MR) is 69.5 cm³/mol. The van der Waals surface area contributed by atoms with Crippen molar-refractivity contribution < 1.29 is 4.74 Å². The molecule has 0 amide bonds. The summed E-state index contributed by atoms with van der Waals surface area (Å²) in [7, 11) is 0. The van der Waals surface area contributed by atoms with E-state index < -0.39 is 0 Å². The number of hydrogen-bond donors (Lipinski definition) is 1. The topological polar surface area (TPSA) is 83.7 Å². The number of ether oxygens (including phenoxy) is 1. The van der Waals surface area contributed by atoms with E-state index >= 15 is 0 Å². The maximum Gasteiger partial charge on any atom is 0.213 e. The minimum absolute atomic E-state index is 0.279. The molecule has 0 saturated carbocycles. The van der Waals surface area contributed by atoms with Gasteiger partial charge in [0.15, 0.2) is 11.5 Å². The van der Waals surface area contributed by atoms with Crippen molar-refractivity contribution in [3.8, 4) is 11.9 Å². The van der Waals surface area contributed by atoms with Gasteiger partial charge in [0, 0.05) is 31.2 Å². The molecule has 6 nitrogen and oxygen atoms in total. The first-order chi connectivity index (χ1) is 9.33. The average Bonchev–Trinajstić information content (AvgIpc) is 2.46. The molecule has 0 aliphatic carbocycles. The lowest BCUT2D eigenvalue weighted by molar-refractivity contribution is 0.326. The van der Waals surface area contributed by atoms with Crippen LogP contribution in [0, 0.1) is 11.3 Å². The van der Waals surface area contributed by atoms with Gasteiger partial charge in [-0.15, -0.1) is 0 Å². The van der Waals surface area contributed by atoms with Gasteiger partial charge in [0.05, 0.1) is 6.61 Å². The van der Waals surface area contributed by atoms with Crippen LogP contribution in [0.15, 0.2) is 30.7 Å². The summed E-state index contributed by atoms with van der Waals surface area (Å²) in [6.45, 7) is 3.01. The van der Waals surface area contributed by atoms with E-state index in [0.717, 1.165) is 5.56 Å². The zero-order chi connectivity index (χ0) is 13.5. The number of pyridine rings is 1. The first kappa shape index (κ1) is 12.8.